The highest BCUT2D eigenvalue weighted by Crippen LogP contribution is 2.06. The Morgan fingerprint density at radius 3 is 2.73 bits per heavy atom. The normalized spacial score (nSPS) is 10.7. The molecule has 0 fully saturated rings. The third kappa shape index (κ3) is 4.26. The fraction of sp³-hybridized carbons (Fsp3) is 0.462. The minimum absolute atomic E-state index is 0.296. The maximum Gasteiger partial charge on any atom is 0.146 e. The largest absolute Gasteiger partial charge is 0.298 e. The zero-order chi connectivity index (χ0) is 11.3. The number of ketones is 1. The van der Waals surface area contributed by atoms with Gasteiger partial charge in [0.2, 0.25) is 0 Å². The van der Waals surface area contributed by atoms with Crippen LogP contribution in [0.5, 0.6) is 0 Å². The van der Waals surface area contributed by atoms with Gasteiger partial charge in [-0.3, -0.25) is 9.69 Å². The van der Waals surface area contributed by atoms with Gasteiger partial charge in [-0.25, -0.2) is 0 Å². The highest BCUT2D eigenvalue weighted by atomic mass is 16.1. The number of likely N-dealkylation sites (N-methyl/N-ethyl adjacent to an activating group) is 1. The van der Waals surface area contributed by atoms with E-state index in [1.165, 1.54) is 11.1 Å². The molecular formula is C13H19NO. The van der Waals surface area contributed by atoms with Gasteiger partial charge in [-0.2, -0.15) is 0 Å². The summed E-state index contributed by atoms with van der Waals surface area (Å²) >= 11 is 0. The molecule has 1 aromatic carbocycles. The zero-order valence-corrected chi connectivity index (χ0v) is 9.79. The van der Waals surface area contributed by atoms with Gasteiger partial charge in [0.15, 0.2) is 0 Å². The average molecular weight is 205 g/mol. The molecule has 15 heavy (non-hydrogen) atoms. The van der Waals surface area contributed by atoms with Crippen LogP contribution in [0.15, 0.2) is 24.3 Å². The predicted molar refractivity (Wildman–Crippen MR) is 62.8 cm³/mol. The van der Waals surface area contributed by atoms with E-state index in [9.17, 15) is 4.79 Å². The molecule has 0 spiro atoms. The van der Waals surface area contributed by atoms with E-state index >= 15 is 0 Å². The molecule has 2 nitrogen and oxygen atoms in total. The van der Waals surface area contributed by atoms with E-state index in [1.54, 1.807) is 0 Å². The van der Waals surface area contributed by atoms with Gasteiger partial charge in [0.05, 0.1) is 6.54 Å². The van der Waals surface area contributed by atoms with Crippen LogP contribution in [0.2, 0.25) is 0 Å². The van der Waals surface area contributed by atoms with Crippen LogP contribution in [0, 0.1) is 6.92 Å². The Balaban J connectivity index is 2.51. The number of aryl methyl sites for hydroxylation is 1. The second kappa shape index (κ2) is 5.66. The van der Waals surface area contributed by atoms with Crippen molar-refractivity contribution in [3.05, 3.63) is 35.4 Å². The molecular weight excluding hydrogens is 186 g/mol. The summed E-state index contributed by atoms with van der Waals surface area (Å²) < 4.78 is 0. The Bertz CT molecular complexity index is 333. The fourth-order valence-corrected chi connectivity index (χ4v) is 1.59. The Labute approximate surface area is 91.9 Å². The molecule has 0 unspecified atom stereocenters. The maximum atomic E-state index is 11.2. The lowest BCUT2D eigenvalue weighted by Gasteiger charge is -2.15. The van der Waals surface area contributed by atoms with Gasteiger partial charge in [0, 0.05) is 13.0 Å². The summed E-state index contributed by atoms with van der Waals surface area (Å²) in [7, 11) is 1.98. The van der Waals surface area contributed by atoms with Crippen molar-refractivity contribution in [2.45, 2.75) is 26.8 Å². The molecule has 2 heteroatoms. The van der Waals surface area contributed by atoms with E-state index in [1.807, 2.05) is 14.0 Å². The molecule has 0 aliphatic rings. The third-order valence-corrected chi connectivity index (χ3v) is 2.38. The number of carbonyl (C=O) groups is 1. The molecule has 0 radical (unpaired) electrons. The smallest absolute Gasteiger partial charge is 0.146 e. The lowest BCUT2D eigenvalue weighted by Crippen LogP contribution is -2.24. The third-order valence-electron chi connectivity index (χ3n) is 2.38. The molecule has 0 aromatic heterocycles. The molecule has 0 saturated carbocycles. The second-order valence-corrected chi connectivity index (χ2v) is 4.05. The highest BCUT2D eigenvalue weighted by Gasteiger charge is 2.04. The molecule has 0 heterocycles. The summed E-state index contributed by atoms with van der Waals surface area (Å²) in [4.78, 5) is 13.3. The Morgan fingerprint density at radius 1 is 1.40 bits per heavy atom. The summed E-state index contributed by atoms with van der Waals surface area (Å²) in [6.45, 7) is 5.38. The van der Waals surface area contributed by atoms with Gasteiger partial charge >= 0.3 is 0 Å². The monoisotopic (exact) mass is 205 g/mol. The fourth-order valence-electron chi connectivity index (χ4n) is 1.59. The van der Waals surface area contributed by atoms with Crippen molar-refractivity contribution in [2.24, 2.45) is 0 Å². The molecule has 82 valence electrons. The SMILES string of the molecule is CCC(=O)CN(C)Cc1cccc(C)c1. The summed E-state index contributed by atoms with van der Waals surface area (Å²) in [6.07, 6.45) is 0.623. The van der Waals surface area contributed by atoms with Crippen molar-refractivity contribution in [3.8, 4) is 0 Å². The Morgan fingerprint density at radius 2 is 2.13 bits per heavy atom. The van der Waals surface area contributed by atoms with Crippen LogP contribution in [0.3, 0.4) is 0 Å². The number of nitrogens with zero attached hydrogens (tertiary/aromatic N) is 1. The minimum Gasteiger partial charge on any atom is -0.298 e. The maximum absolute atomic E-state index is 11.2. The van der Waals surface area contributed by atoms with E-state index in [0.29, 0.717) is 18.7 Å². The number of hydrogen-bond donors (Lipinski definition) is 0. The number of rotatable bonds is 5. The first-order valence-electron chi connectivity index (χ1n) is 5.37. The van der Waals surface area contributed by atoms with Crippen LogP contribution >= 0.6 is 0 Å². The first-order chi connectivity index (χ1) is 7.11. The number of carbonyl (C=O) groups excluding carboxylic acids is 1. The van der Waals surface area contributed by atoms with Crippen LogP contribution in [0.25, 0.3) is 0 Å². The lowest BCUT2D eigenvalue weighted by atomic mass is 10.1. The second-order valence-electron chi connectivity index (χ2n) is 4.05. The van der Waals surface area contributed by atoms with Crippen LogP contribution in [0.1, 0.15) is 24.5 Å². The van der Waals surface area contributed by atoms with Crippen LogP contribution < -0.4 is 0 Å². The van der Waals surface area contributed by atoms with Crippen molar-refractivity contribution in [1.82, 2.24) is 4.90 Å². The Hall–Kier alpha value is -1.15. The highest BCUT2D eigenvalue weighted by molar-refractivity contribution is 5.80. The van der Waals surface area contributed by atoms with E-state index < -0.39 is 0 Å². The molecule has 0 bridgehead atoms. The van der Waals surface area contributed by atoms with E-state index in [-0.39, 0.29) is 0 Å². The number of hydrogen-bond acceptors (Lipinski definition) is 2. The first kappa shape index (κ1) is 11.9. The quantitative estimate of drug-likeness (QED) is 0.735. The lowest BCUT2D eigenvalue weighted by molar-refractivity contribution is -0.119. The summed E-state index contributed by atoms with van der Waals surface area (Å²) in [6, 6.07) is 8.40. The van der Waals surface area contributed by atoms with E-state index in [2.05, 4.69) is 36.1 Å². The van der Waals surface area contributed by atoms with Crippen LogP contribution in [-0.2, 0) is 11.3 Å². The van der Waals surface area contributed by atoms with Crippen molar-refractivity contribution < 1.29 is 4.79 Å². The molecule has 1 aromatic rings. The summed E-state index contributed by atoms with van der Waals surface area (Å²) in [5.41, 5.74) is 2.53. The molecule has 0 atom stereocenters. The zero-order valence-electron chi connectivity index (χ0n) is 9.79. The van der Waals surface area contributed by atoms with Gasteiger partial charge in [-0.15, -0.1) is 0 Å². The van der Waals surface area contributed by atoms with Gasteiger partial charge in [-0.1, -0.05) is 36.8 Å². The topological polar surface area (TPSA) is 20.3 Å². The van der Waals surface area contributed by atoms with Crippen molar-refractivity contribution in [1.29, 1.82) is 0 Å². The Kier molecular flexibility index (Phi) is 4.50. The van der Waals surface area contributed by atoms with E-state index in [0.717, 1.165) is 6.54 Å². The van der Waals surface area contributed by atoms with Gasteiger partial charge in [-0.05, 0) is 19.5 Å². The van der Waals surface area contributed by atoms with Gasteiger partial charge in [0.1, 0.15) is 5.78 Å². The number of Topliss-reactive ketones (excluding diaryl/α,β-unsaturated/α-hetero) is 1. The molecule has 0 aliphatic heterocycles. The molecule has 0 saturated heterocycles. The van der Waals surface area contributed by atoms with Crippen molar-refractivity contribution in [3.63, 3.8) is 0 Å². The molecule has 0 aliphatic carbocycles. The summed E-state index contributed by atoms with van der Waals surface area (Å²) in [5.74, 6) is 0.296. The minimum atomic E-state index is 0.296. The first-order valence-corrected chi connectivity index (χ1v) is 5.37. The van der Waals surface area contributed by atoms with Crippen molar-refractivity contribution in [2.75, 3.05) is 13.6 Å². The average Bonchev–Trinajstić information content (AvgIpc) is 2.17. The van der Waals surface area contributed by atoms with Crippen LogP contribution in [-0.4, -0.2) is 24.3 Å². The standard InChI is InChI=1S/C13H19NO/c1-4-13(15)10-14(3)9-12-7-5-6-11(2)8-12/h5-8H,4,9-10H2,1-3H3. The molecule has 1 rings (SSSR count). The van der Waals surface area contributed by atoms with Crippen molar-refractivity contribution >= 4 is 5.78 Å². The summed E-state index contributed by atoms with van der Waals surface area (Å²) in [5, 5.41) is 0. The molecule has 0 amide bonds. The molecule has 0 N–H and O–H groups in total. The van der Waals surface area contributed by atoms with Crippen LogP contribution in [0.4, 0.5) is 0 Å². The van der Waals surface area contributed by atoms with E-state index in [4.69, 9.17) is 0 Å². The predicted octanol–water partition coefficient (Wildman–Crippen LogP) is 2.41. The van der Waals surface area contributed by atoms with Gasteiger partial charge < -0.3 is 0 Å². The van der Waals surface area contributed by atoms with Gasteiger partial charge in [0.25, 0.3) is 0 Å². The number of benzene rings is 1.